The number of alkyl halides is 3. The lowest BCUT2D eigenvalue weighted by Gasteiger charge is -2.43. The van der Waals surface area contributed by atoms with E-state index < -0.39 is 24.0 Å². The lowest BCUT2D eigenvalue weighted by Crippen LogP contribution is -2.55. The van der Waals surface area contributed by atoms with Crippen LogP contribution in [-0.2, 0) is 9.59 Å². The third-order valence-corrected chi connectivity index (χ3v) is 5.23. The van der Waals surface area contributed by atoms with Crippen LogP contribution in [0, 0.1) is 11.8 Å². The number of carboxylic acid groups (broad SMARTS) is 1. The fourth-order valence-corrected chi connectivity index (χ4v) is 3.72. The number of aliphatic carboxylic acids is 1. The number of carboxylic acids is 1. The summed E-state index contributed by atoms with van der Waals surface area (Å²) < 4.78 is 38.4. The van der Waals surface area contributed by atoms with Gasteiger partial charge in [0.2, 0.25) is 5.91 Å². The van der Waals surface area contributed by atoms with Gasteiger partial charge in [0.25, 0.3) is 0 Å². The van der Waals surface area contributed by atoms with Crippen molar-refractivity contribution in [2.75, 3.05) is 13.1 Å². The number of nitrogens with zero attached hydrogens (tertiary/aromatic N) is 1. The van der Waals surface area contributed by atoms with E-state index in [2.05, 4.69) is 5.32 Å². The quantitative estimate of drug-likeness (QED) is 0.772. The lowest BCUT2D eigenvalue weighted by molar-refractivity contribution is -0.186. The van der Waals surface area contributed by atoms with Crippen LogP contribution in [-0.4, -0.2) is 53.2 Å². The van der Waals surface area contributed by atoms with Crippen LogP contribution in [0.25, 0.3) is 0 Å². The molecule has 0 spiro atoms. The fraction of sp³-hybridized carbons (Fsp3) is 0.875. The van der Waals surface area contributed by atoms with E-state index in [-0.39, 0.29) is 37.4 Å². The topological polar surface area (TPSA) is 69.6 Å². The number of carbonyl (C=O) groups is 2. The van der Waals surface area contributed by atoms with Gasteiger partial charge in [0.05, 0.1) is 12.5 Å². The first-order valence-electron chi connectivity index (χ1n) is 8.53. The van der Waals surface area contributed by atoms with Crippen LogP contribution in [0.5, 0.6) is 0 Å². The first-order chi connectivity index (χ1) is 11.2. The summed E-state index contributed by atoms with van der Waals surface area (Å²) in [5, 5.41) is 11.7. The molecule has 138 valence electrons. The number of rotatable bonds is 6. The van der Waals surface area contributed by atoms with E-state index >= 15 is 0 Å². The van der Waals surface area contributed by atoms with Crippen LogP contribution in [0.3, 0.4) is 0 Å². The Bertz CT molecular complexity index is 464. The summed E-state index contributed by atoms with van der Waals surface area (Å²) in [5.41, 5.74) is 0. The Labute approximate surface area is 139 Å². The Balaban J connectivity index is 1.77. The van der Waals surface area contributed by atoms with Crippen molar-refractivity contribution in [3.8, 4) is 0 Å². The second-order valence-electron chi connectivity index (χ2n) is 6.89. The number of carbonyl (C=O) groups excluding carboxylic acids is 1. The first kappa shape index (κ1) is 19.0. The SMILES string of the molecule is CCN(CC(=O)O)C1CC(NC(=O)C2CCCC(C(F)(F)F)C2)C1. The summed E-state index contributed by atoms with van der Waals surface area (Å²) >= 11 is 0. The van der Waals surface area contributed by atoms with Crippen molar-refractivity contribution < 1.29 is 27.9 Å². The van der Waals surface area contributed by atoms with Gasteiger partial charge >= 0.3 is 12.1 Å². The summed E-state index contributed by atoms with van der Waals surface area (Å²) in [5.74, 6) is -3.11. The van der Waals surface area contributed by atoms with Gasteiger partial charge in [-0.05, 0) is 38.6 Å². The molecule has 5 nitrogen and oxygen atoms in total. The molecular weight excluding hydrogens is 325 g/mol. The van der Waals surface area contributed by atoms with E-state index in [1.54, 1.807) is 0 Å². The minimum atomic E-state index is -4.22. The second kappa shape index (κ2) is 7.72. The Kier molecular flexibility index (Phi) is 6.11. The number of halogens is 3. The largest absolute Gasteiger partial charge is 0.480 e. The van der Waals surface area contributed by atoms with Gasteiger partial charge in [0, 0.05) is 18.0 Å². The van der Waals surface area contributed by atoms with Gasteiger partial charge in [0.1, 0.15) is 0 Å². The van der Waals surface area contributed by atoms with Crippen molar-refractivity contribution in [1.29, 1.82) is 0 Å². The van der Waals surface area contributed by atoms with Crippen LogP contribution in [0.15, 0.2) is 0 Å². The summed E-state index contributed by atoms with van der Waals surface area (Å²) in [4.78, 5) is 24.8. The molecule has 2 atom stereocenters. The van der Waals surface area contributed by atoms with Gasteiger partial charge in [-0.25, -0.2) is 0 Å². The zero-order chi connectivity index (χ0) is 17.9. The molecule has 0 aromatic carbocycles. The van der Waals surface area contributed by atoms with E-state index in [4.69, 9.17) is 5.11 Å². The van der Waals surface area contributed by atoms with Crippen molar-refractivity contribution >= 4 is 11.9 Å². The predicted octanol–water partition coefficient (Wildman–Crippen LogP) is 2.41. The maximum Gasteiger partial charge on any atom is 0.391 e. The van der Waals surface area contributed by atoms with E-state index in [9.17, 15) is 22.8 Å². The predicted molar refractivity (Wildman–Crippen MR) is 81.3 cm³/mol. The monoisotopic (exact) mass is 350 g/mol. The number of hydrogen-bond acceptors (Lipinski definition) is 3. The third kappa shape index (κ3) is 4.84. The molecule has 8 heteroatoms. The average molecular weight is 350 g/mol. The Morgan fingerprint density at radius 2 is 1.88 bits per heavy atom. The van der Waals surface area contributed by atoms with E-state index in [1.807, 2.05) is 11.8 Å². The van der Waals surface area contributed by atoms with Gasteiger partial charge in [0.15, 0.2) is 0 Å². The van der Waals surface area contributed by atoms with Crippen molar-refractivity contribution in [1.82, 2.24) is 10.2 Å². The zero-order valence-corrected chi connectivity index (χ0v) is 13.8. The molecule has 2 rings (SSSR count). The highest BCUT2D eigenvalue weighted by Crippen LogP contribution is 2.40. The third-order valence-electron chi connectivity index (χ3n) is 5.23. The number of likely N-dealkylation sites (N-methyl/N-ethyl adjacent to an activating group) is 1. The van der Waals surface area contributed by atoms with Crippen molar-refractivity contribution in [3.63, 3.8) is 0 Å². The fourth-order valence-electron chi connectivity index (χ4n) is 3.72. The molecule has 1 amide bonds. The maximum absolute atomic E-state index is 12.8. The number of nitrogens with one attached hydrogen (secondary N) is 1. The van der Waals surface area contributed by atoms with Gasteiger partial charge in [-0.2, -0.15) is 13.2 Å². The maximum atomic E-state index is 12.8. The molecule has 2 aliphatic rings. The molecule has 2 saturated carbocycles. The molecule has 0 radical (unpaired) electrons. The highest BCUT2D eigenvalue weighted by atomic mass is 19.4. The summed E-state index contributed by atoms with van der Waals surface area (Å²) in [6, 6.07) is 0.0577. The van der Waals surface area contributed by atoms with Gasteiger partial charge < -0.3 is 10.4 Å². The Hall–Kier alpha value is -1.31. The zero-order valence-electron chi connectivity index (χ0n) is 13.8. The standard InChI is InChI=1S/C16H25F3N2O3/c1-2-21(9-14(22)23)13-7-12(8-13)20-15(24)10-4-3-5-11(6-10)16(17,18)19/h10-13H,2-9H2,1H3,(H,20,24)(H,22,23). The summed E-state index contributed by atoms with van der Waals surface area (Å²) in [7, 11) is 0. The highest BCUT2D eigenvalue weighted by molar-refractivity contribution is 5.79. The normalized spacial score (nSPS) is 30.7. The van der Waals surface area contributed by atoms with Crippen LogP contribution < -0.4 is 5.32 Å². The van der Waals surface area contributed by atoms with Gasteiger partial charge in [-0.3, -0.25) is 14.5 Å². The van der Waals surface area contributed by atoms with Crippen molar-refractivity contribution in [2.24, 2.45) is 11.8 Å². The molecule has 0 saturated heterocycles. The Morgan fingerprint density at radius 1 is 1.21 bits per heavy atom. The second-order valence-corrected chi connectivity index (χ2v) is 6.89. The number of hydrogen-bond donors (Lipinski definition) is 2. The van der Waals surface area contributed by atoms with Crippen LogP contribution in [0.2, 0.25) is 0 Å². The molecule has 2 N–H and O–H groups in total. The van der Waals surface area contributed by atoms with E-state index in [1.165, 1.54) is 0 Å². The van der Waals surface area contributed by atoms with E-state index in [0.717, 1.165) is 0 Å². The molecule has 2 unspecified atom stereocenters. The molecular formula is C16H25F3N2O3. The molecule has 0 bridgehead atoms. The van der Waals surface area contributed by atoms with Crippen LogP contribution in [0.4, 0.5) is 13.2 Å². The van der Waals surface area contributed by atoms with Crippen LogP contribution in [0.1, 0.15) is 45.4 Å². The minimum absolute atomic E-state index is 0.0300. The molecule has 0 aliphatic heterocycles. The highest BCUT2D eigenvalue weighted by Gasteiger charge is 2.44. The number of amides is 1. The van der Waals surface area contributed by atoms with E-state index in [0.29, 0.717) is 32.2 Å². The molecule has 0 heterocycles. The Morgan fingerprint density at radius 3 is 2.42 bits per heavy atom. The van der Waals surface area contributed by atoms with Gasteiger partial charge in [-0.1, -0.05) is 13.3 Å². The van der Waals surface area contributed by atoms with Crippen LogP contribution >= 0.6 is 0 Å². The average Bonchev–Trinajstić information content (AvgIpc) is 2.47. The molecule has 2 aliphatic carbocycles. The van der Waals surface area contributed by atoms with Crippen molar-refractivity contribution in [2.45, 2.75) is 63.7 Å². The summed E-state index contributed by atoms with van der Waals surface area (Å²) in [6.45, 7) is 2.47. The summed E-state index contributed by atoms with van der Waals surface area (Å²) in [6.07, 6.45) is -1.99. The molecule has 0 aromatic heterocycles. The first-order valence-corrected chi connectivity index (χ1v) is 8.53. The smallest absolute Gasteiger partial charge is 0.391 e. The molecule has 0 aromatic rings. The lowest BCUT2D eigenvalue weighted by atomic mass is 9.79. The van der Waals surface area contributed by atoms with Gasteiger partial charge in [-0.15, -0.1) is 0 Å². The molecule has 2 fully saturated rings. The van der Waals surface area contributed by atoms with Crippen molar-refractivity contribution in [3.05, 3.63) is 0 Å². The molecule has 24 heavy (non-hydrogen) atoms. The minimum Gasteiger partial charge on any atom is -0.480 e.